The Labute approximate surface area is 127 Å². The molecule has 0 amide bonds. The first-order chi connectivity index (χ1) is 10.5. The SMILES string of the molecule is Cc1cc(C(=O)Cn2cnc3ncccc3c2=O)c(C)n1C. The number of carbonyl (C=O) groups excluding carboxylic acids is 1. The van der Waals surface area contributed by atoms with Gasteiger partial charge in [-0.25, -0.2) is 9.97 Å². The van der Waals surface area contributed by atoms with Gasteiger partial charge >= 0.3 is 0 Å². The molecule has 22 heavy (non-hydrogen) atoms. The van der Waals surface area contributed by atoms with Crippen molar-refractivity contribution >= 4 is 16.8 Å². The van der Waals surface area contributed by atoms with Crippen LogP contribution in [-0.2, 0) is 13.6 Å². The standard InChI is InChI=1S/C16H16N4O2/c1-10-7-13(11(2)19(10)3)14(21)8-20-9-18-15-12(16(20)22)5-4-6-17-15/h4-7,9H,8H2,1-3H3. The van der Waals surface area contributed by atoms with Crippen molar-refractivity contribution in [1.29, 1.82) is 0 Å². The second kappa shape index (κ2) is 5.22. The molecule has 6 heteroatoms. The van der Waals surface area contributed by atoms with E-state index in [0.717, 1.165) is 11.4 Å². The smallest absolute Gasteiger partial charge is 0.263 e. The number of fused-ring (bicyclic) bond motifs is 1. The molecular formula is C16H16N4O2. The zero-order chi connectivity index (χ0) is 15.9. The van der Waals surface area contributed by atoms with Gasteiger partial charge in [0.15, 0.2) is 11.4 Å². The molecule has 0 aliphatic rings. The number of hydrogen-bond acceptors (Lipinski definition) is 4. The molecule has 0 unspecified atom stereocenters. The van der Waals surface area contributed by atoms with Gasteiger partial charge in [0.2, 0.25) is 0 Å². The summed E-state index contributed by atoms with van der Waals surface area (Å²) in [5.74, 6) is -0.103. The van der Waals surface area contributed by atoms with Gasteiger partial charge in [-0.2, -0.15) is 0 Å². The highest BCUT2D eigenvalue weighted by molar-refractivity contribution is 5.97. The molecule has 0 aliphatic heterocycles. The molecule has 3 aromatic heterocycles. The summed E-state index contributed by atoms with van der Waals surface area (Å²) in [4.78, 5) is 33.0. The van der Waals surface area contributed by atoms with Crippen LogP contribution in [0.5, 0.6) is 0 Å². The summed E-state index contributed by atoms with van der Waals surface area (Å²) in [5, 5.41) is 0.416. The lowest BCUT2D eigenvalue weighted by Crippen LogP contribution is -2.25. The second-order valence-corrected chi connectivity index (χ2v) is 5.32. The maximum absolute atomic E-state index is 12.5. The summed E-state index contributed by atoms with van der Waals surface area (Å²) in [6.45, 7) is 3.81. The summed E-state index contributed by atoms with van der Waals surface area (Å²) in [6.07, 6.45) is 2.96. The highest BCUT2D eigenvalue weighted by Crippen LogP contribution is 2.14. The van der Waals surface area contributed by atoms with Crippen molar-refractivity contribution in [3.05, 3.63) is 58.0 Å². The van der Waals surface area contributed by atoms with Crippen LogP contribution in [0.25, 0.3) is 11.0 Å². The van der Waals surface area contributed by atoms with Crippen LogP contribution in [0.1, 0.15) is 21.7 Å². The quantitative estimate of drug-likeness (QED) is 0.689. The Morgan fingerprint density at radius 2 is 2.05 bits per heavy atom. The Morgan fingerprint density at radius 3 is 2.73 bits per heavy atom. The third-order valence-electron chi connectivity index (χ3n) is 3.99. The predicted octanol–water partition coefficient (Wildman–Crippen LogP) is 1.63. The molecule has 0 saturated carbocycles. The number of ketones is 1. The fraction of sp³-hybridized carbons (Fsp3) is 0.250. The maximum atomic E-state index is 12.5. The molecule has 0 aromatic carbocycles. The molecule has 112 valence electrons. The fourth-order valence-electron chi connectivity index (χ4n) is 2.49. The van der Waals surface area contributed by atoms with Crippen LogP contribution in [0.3, 0.4) is 0 Å². The average Bonchev–Trinajstić information content (AvgIpc) is 2.78. The number of rotatable bonds is 3. The van der Waals surface area contributed by atoms with Crippen LogP contribution >= 0.6 is 0 Å². The minimum atomic E-state index is -0.253. The van der Waals surface area contributed by atoms with Crippen LogP contribution in [-0.4, -0.2) is 24.9 Å². The van der Waals surface area contributed by atoms with Gasteiger partial charge in [-0.1, -0.05) is 0 Å². The highest BCUT2D eigenvalue weighted by Gasteiger charge is 2.15. The first-order valence-electron chi connectivity index (χ1n) is 6.95. The van der Waals surface area contributed by atoms with E-state index < -0.39 is 0 Å². The number of Topliss-reactive ketones (excluding diaryl/α,β-unsaturated/α-hetero) is 1. The molecule has 0 N–H and O–H groups in total. The van der Waals surface area contributed by atoms with Gasteiger partial charge in [-0.05, 0) is 32.0 Å². The van der Waals surface area contributed by atoms with E-state index in [0.29, 0.717) is 16.6 Å². The van der Waals surface area contributed by atoms with E-state index in [2.05, 4.69) is 9.97 Å². The Morgan fingerprint density at radius 1 is 1.27 bits per heavy atom. The predicted molar refractivity (Wildman–Crippen MR) is 83.0 cm³/mol. The molecule has 0 fully saturated rings. The molecule has 0 bridgehead atoms. The van der Waals surface area contributed by atoms with E-state index in [1.165, 1.54) is 10.9 Å². The summed E-state index contributed by atoms with van der Waals surface area (Å²) in [5.41, 5.74) is 2.68. The van der Waals surface area contributed by atoms with Gasteiger partial charge in [0, 0.05) is 30.2 Å². The van der Waals surface area contributed by atoms with Gasteiger partial charge in [0.25, 0.3) is 5.56 Å². The monoisotopic (exact) mass is 296 g/mol. The topological polar surface area (TPSA) is 69.8 Å². The maximum Gasteiger partial charge on any atom is 0.263 e. The van der Waals surface area contributed by atoms with Gasteiger partial charge in [0.05, 0.1) is 11.9 Å². The van der Waals surface area contributed by atoms with Crippen molar-refractivity contribution in [3.8, 4) is 0 Å². The van der Waals surface area contributed by atoms with E-state index in [1.807, 2.05) is 31.5 Å². The lowest BCUT2D eigenvalue weighted by molar-refractivity contribution is 0.0970. The Kier molecular flexibility index (Phi) is 3.36. The zero-order valence-electron chi connectivity index (χ0n) is 12.7. The van der Waals surface area contributed by atoms with Crippen LogP contribution in [0, 0.1) is 13.8 Å². The van der Waals surface area contributed by atoms with Gasteiger partial charge < -0.3 is 4.57 Å². The Bertz CT molecular complexity index is 937. The van der Waals surface area contributed by atoms with Crippen LogP contribution < -0.4 is 5.56 Å². The number of nitrogens with zero attached hydrogens (tertiary/aromatic N) is 4. The molecule has 3 aromatic rings. The summed E-state index contributed by atoms with van der Waals surface area (Å²) >= 11 is 0. The van der Waals surface area contributed by atoms with Crippen LogP contribution in [0.4, 0.5) is 0 Å². The third-order valence-corrected chi connectivity index (χ3v) is 3.99. The first-order valence-corrected chi connectivity index (χ1v) is 6.95. The number of aryl methyl sites for hydroxylation is 1. The van der Waals surface area contributed by atoms with Crippen molar-refractivity contribution in [2.75, 3.05) is 0 Å². The fourth-order valence-corrected chi connectivity index (χ4v) is 2.49. The van der Waals surface area contributed by atoms with Crippen molar-refractivity contribution in [2.45, 2.75) is 20.4 Å². The molecule has 6 nitrogen and oxygen atoms in total. The van der Waals surface area contributed by atoms with Crippen molar-refractivity contribution < 1.29 is 4.79 Å². The summed E-state index contributed by atoms with van der Waals surface area (Å²) in [7, 11) is 1.91. The molecule has 0 atom stereocenters. The molecule has 0 radical (unpaired) electrons. The van der Waals surface area contributed by atoms with Crippen molar-refractivity contribution in [3.63, 3.8) is 0 Å². The van der Waals surface area contributed by atoms with Crippen molar-refractivity contribution in [1.82, 2.24) is 19.1 Å². The Hall–Kier alpha value is -2.76. The first kappa shape index (κ1) is 14.2. The molecule has 3 rings (SSSR count). The summed E-state index contributed by atoms with van der Waals surface area (Å²) < 4.78 is 3.28. The zero-order valence-corrected chi connectivity index (χ0v) is 12.7. The van der Waals surface area contributed by atoms with E-state index in [1.54, 1.807) is 18.3 Å². The lowest BCUT2D eigenvalue weighted by atomic mass is 10.1. The summed E-state index contributed by atoms with van der Waals surface area (Å²) in [6, 6.07) is 5.19. The van der Waals surface area contributed by atoms with Crippen LogP contribution in [0.2, 0.25) is 0 Å². The minimum absolute atomic E-state index is 0.0268. The molecule has 0 spiro atoms. The largest absolute Gasteiger partial charge is 0.351 e. The van der Waals surface area contributed by atoms with E-state index in [4.69, 9.17) is 0 Å². The highest BCUT2D eigenvalue weighted by atomic mass is 16.1. The number of aromatic nitrogens is 4. The number of pyridine rings is 1. The van der Waals surface area contributed by atoms with Gasteiger partial charge in [-0.15, -0.1) is 0 Å². The Balaban J connectivity index is 1.99. The molecule has 0 saturated heterocycles. The molecular weight excluding hydrogens is 280 g/mol. The van der Waals surface area contributed by atoms with Crippen molar-refractivity contribution in [2.24, 2.45) is 7.05 Å². The van der Waals surface area contributed by atoms with Gasteiger partial charge in [-0.3, -0.25) is 14.2 Å². The number of carbonyl (C=O) groups is 1. The lowest BCUT2D eigenvalue weighted by Gasteiger charge is -2.06. The van der Waals surface area contributed by atoms with Crippen LogP contribution in [0.15, 0.2) is 35.5 Å². The minimum Gasteiger partial charge on any atom is -0.351 e. The van der Waals surface area contributed by atoms with E-state index in [9.17, 15) is 9.59 Å². The molecule has 0 aliphatic carbocycles. The van der Waals surface area contributed by atoms with E-state index in [-0.39, 0.29) is 17.9 Å². The second-order valence-electron chi connectivity index (χ2n) is 5.32. The van der Waals surface area contributed by atoms with E-state index >= 15 is 0 Å². The average molecular weight is 296 g/mol. The molecule has 3 heterocycles. The third kappa shape index (κ3) is 2.22. The van der Waals surface area contributed by atoms with Gasteiger partial charge in [0.1, 0.15) is 6.33 Å². The number of hydrogen-bond donors (Lipinski definition) is 0. The normalized spacial score (nSPS) is 11.0.